The predicted molar refractivity (Wildman–Crippen MR) is 70.2 cm³/mol. The Hall–Kier alpha value is -0.780. The van der Waals surface area contributed by atoms with Gasteiger partial charge in [0.15, 0.2) is 0 Å². The van der Waals surface area contributed by atoms with Gasteiger partial charge in [-0.05, 0) is 52.0 Å². The zero-order chi connectivity index (χ0) is 15.0. The summed E-state index contributed by atoms with van der Waals surface area (Å²) in [7, 11) is 0. The van der Waals surface area contributed by atoms with Gasteiger partial charge in [0.25, 0.3) is 0 Å². The third-order valence-corrected chi connectivity index (χ3v) is 4.52. The van der Waals surface area contributed by atoms with Crippen LogP contribution in [0.2, 0.25) is 0 Å². The molecule has 1 saturated heterocycles. The lowest BCUT2D eigenvalue weighted by molar-refractivity contribution is -0.172. The van der Waals surface area contributed by atoms with Gasteiger partial charge in [0.1, 0.15) is 6.54 Å². The Morgan fingerprint density at radius 3 is 2.55 bits per heavy atom. The first kappa shape index (κ1) is 15.6. The summed E-state index contributed by atoms with van der Waals surface area (Å²) in [5.74, 6) is -0.108. The molecule has 2 atom stereocenters. The van der Waals surface area contributed by atoms with E-state index in [2.05, 4.69) is 5.32 Å². The number of alkyl halides is 3. The van der Waals surface area contributed by atoms with Gasteiger partial charge in [-0.1, -0.05) is 0 Å². The van der Waals surface area contributed by atoms with Crippen molar-refractivity contribution in [2.75, 3.05) is 19.6 Å². The van der Waals surface area contributed by atoms with Gasteiger partial charge in [0.2, 0.25) is 5.91 Å². The van der Waals surface area contributed by atoms with Gasteiger partial charge in [-0.15, -0.1) is 0 Å². The van der Waals surface area contributed by atoms with Gasteiger partial charge >= 0.3 is 6.18 Å². The highest BCUT2D eigenvalue weighted by atomic mass is 19.4. The SMILES string of the molecule is CC(C1CC1)N(CC(F)(F)F)C(=O)C1(C)CCCNC1. The first-order chi connectivity index (χ1) is 9.23. The Bertz CT molecular complexity index is 360. The molecule has 1 aliphatic carbocycles. The number of hydrogen-bond donors (Lipinski definition) is 1. The number of amides is 1. The van der Waals surface area contributed by atoms with E-state index in [1.54, 1.807) is 13.8 Å². The molecule has 1 N–H and O–H groups in total. The molecule has 6 heteroatoms. The van der Waals surface area contributed by atoms with E-state index in [1.165, 1.54) is 0 Å². The monoisotopic (exact) mass is 292 g/mol. The molecule has 2 unspecified atom stereocenters. The van der Waals surface area contributed by atoms with Crippen molar-refractivity contribution < 1.29 is 18.0 Å². The van der Waals surface area contributed by atoms with Crippen LogP contribution in [0.4, 0.5) is 13.2 Å². The van der Waals surface area contributed by atoms with Crippen molar-refractivity contribution in [1.82, 2.24) is 10.2 Å². The molecule has 0 aromatic heterocycles. The van der Waals surface area contributed by atoms with E-state index in [-0.39, 0.29) is 17.9 Å². The molecule has 2 aliphatic rings. The van der Waals surface area contributed by atoms with Gasteiger partial charge in [0.05, 0.1) is 5.41 Å². The van der Waals surface area contributed by atoms with Crippen molar-refractivity contribution in [3.8, 4) is 0 Å². The second-order valence-electron chi connectivity index (χ2n) is 6.47. The van der Waals surface area contributed by atoms with Crippen LogP contribution in [-0.2, 0) is 4.79 Å². The Labute approximate surface area is 117 Å². The number of piperidine rings is 1. The van der Waals surface area contributed by atoms with Gasteiger partial charge in [-0.2, -0.15) is 13.2 Å². The molecule has 1 amide bonds. The minimum Gasteiger partial charge on any atom is -0.330 e. The van der Waals surface area contributed by atoms with Crippen LogP contribution >= 0.6 is 0 Å². The molecule has 20 heavy (non-hydrogen) atoms. The van der Waals surface area contributed by atoms with Gasteiger partial charge in [-0.25, -0.2) is 0 Å². The molecule has 2 rings (SSSR count). The Morgan fingerprint density at radius 2 is 2.10 bits per heavy atom. The summed E-state index contributed by atoms with van der Waals surface area (Å²) < 4.78 is 38.4. The zero-order valence-electron chi connectivity index (χ0n) is 12.1. The Kier molecular flexibility index (Phi) is 4.33. The van der Waals surface area contributed by atoms with E-state index in [1.807, 2.05) is 0 Å². The molecular formula is C14H23F3N2O. The number of rotatable bonds is 4. The normalized spacial score (nSPS) is 29.1. The van der Waals surface area contributed by atoms with E-state index in [0.29, 0.717) is 13.0 Å². The van der Waals surface area contributed by atoms with Crippen LogP contribution in [0.25, 0.3) is 0 Å². The van der Waals surface area contributed by atoms with E-state index < -0.39 is 18.1 Å². The third-order valence-electron chi connectivity index (χ3n) is 4.52. The molecule has 0 aromatic carbocycles. The predicted octanol–water partition coefficient (Wildman–Crippen LogP) is 2.57. The summed E-state index contributed by atoms with van der Waals surface area (Å²) in [6.45, 7) is 3.71. The molecule has 0 bridgehead atoms. The molecule has 1 saturated carbocycles. The molecule has 0 aromatic rings. The highest BCUT2D eigenvalue weighted by Gasteiger charge is 2.46. The number of nitrogens with zero attached hydrogens (tertiary/aromatic N) is 1. The Balaban J connectivity index is 2.13. The fraction of sp³-hybridized carbons (Fsp3) is 0.929. The standard InChI is InChI=1S/C14H23F3N2O/c1-10(11-4-5-11)19(9-14(15,16)17)12(20)13(2)6-3-7-18-8-13/h10-11,18H,3-9H2,1-2H3. The third kappa shape index (κ3) is 3.65. The van der Waals surface area contributed by atoms with Crippen molar-refractivity contribution in [2.45, 2.75) is 51.7 Å². The number of halogens is 3. The molecule has 2 fully saturated rings. The lowest BCUT2D eigenvalue weighted by atomic mass is 9.81. The van der Waals surface area contributed by atoms with Crippen LogP contribution in [0, 0.1) is 11.3 Å². The van der Waals surface area contributed by atoms with Crippen molar-refractivity contribution in [2.24, 2.45) is 11.3 Å². The smallest absolute Gasteiger partial charge is 0.330 e. The molecule has 3 nitrogen and oxygen atoms in total. The second kappa shape index (κ2) is 5.54. The summed E-state index contributed by atoms with van der Waals surface area (Å²) in [6.07, 6.45) is -0.989. The van der Waals surface area contributed by atoms with E-state index in [0.717, 1.165) is 30.7 Å². The van der Waals surface area contributed by atoms with Gasteiger partial charge < -0.3 is 10.2 Å². The van der Waals surface area contributed by atoms with E-state index in [4.69, 9.17) is 0 Å². The Morgan fingerprint density at radius 1 is 1.45 bits per heavy atom. The maximum atomic E-state index is 12.8. The fourth-order valence-electron chi connectivity index (χ4n) is 3.01. The highest BCUT2D eigenvalue weighted by Crippen LogP contribution is 2.38. The number of hydrogen-bond acceptors (Lipinski definition) is 2. The lowest BCUT2D eigenvalue weighted by Crippen LogP contribution is -2.55. The van der Waals surface area contributed by atoms with E-state index >= 15 is 0 Å². The van der Waals surface area contributed by atoms with Gasteiger partial charge in [-0.3, -0.25) is 4.79 Å². The average Bonchev–Trinajstić information content (AvgIpc) is 3.18. The number of carbonyl (C=O) groups excluding carboxylic acids is 1. The zero-order valence-corrected chi connectivity index (χ0v) is 12.1. The fourth-order valence-corrected chi connectivity index (χ4v) is 3.01. The molecule has 1 heterocycles. The molecule has 0 radical (unpaired) electrons. The number of carbonyl (C=O) groups is 1. The maximum absolute atomic E-state index is 12.8. The molecular weight excluding hydrogens is 269 g/mol. The molecule has 1 aliphatic heterocycles. The summed E-state index contributed by atoms with van der Waals surface area (Å²) in [4.78, 5) is 13.7. The van der Waals surface area contributed by atoms with Gasteiger partial charge in [0, 0.05) is 12.6 Å². The average molecular weight is 292 g/mol. The van der Waals surface area contributed by atoms with Crippen LogP contribution < -0.4 is 5.32 Å². The lowest BCUT2D eigenvalue weighted by Gasteiger charge is -2.40. The number of nitrogens with one attached hydrogen (secondary N) is 1. The minimum absolute atomic E-state index is 0.237. The quantitative estimate of drug-likeness (QED) is 0.863. The summed E-state index contributed by atoms with van der Waals surface area (Å²) in [5.41, 5.74) is -0.702. The van der Waals surface area contributed by atoms with Crippen LogP contribution in [0.15, 0.2) is 0 Å². The second-order valence-corrected chi connectivity index (χ2v) is 6.47. The van der Waals surface area contributed by atoms with Crippen LogP contribution in [0.5, 0.6) is 0 Å². The molecule has 116 valence electrons. The van der Waals surface area contributed by atoms with Crippen LogP contribution in [-0.4, -0.2) is 42.7 Å². The van der Waals surface area contributed by atoms with E-state index in [9.17, 15) is 18.0 Å². The van der Waals surface area contributed by atoms with Crippen LogP contribution in [0.3, 0.4) is 0 Å². The van der Waals surface area contributed by atoms with Crippen molar-refractivity contribution >= 4 is 5.91 Å². The van der Waals surface area contributed by atoms with Crippen molar-refractivity contribution in [3.05, 3.63) is 0 Å². The maximum Gasteiger partial charge on any atom is 0.406 e. The van der Waals surface area contributed by atoms with Crippen molar-refractivity contribution in [3.63, 3.8) is 0 Å². The minimum atomic E-state index is -4.34. The summed E-state index contributed by atoms with van der Waals surface area (Å²) in [5, 5.41) is 3.13. The topological polar surface area (TPSA) is 32.3 Å². The van der Waals surface area contributed by atoms with Crippen molar-refractivity contribution in [1.29, 1.82) is 0 Å². The highest BCUT2D eigenvalue weighted by molar-refractivity contribution is 5.83. The van der Waals surface area contributed by atoms with Crippen LogP contribution in [0.1, 0.15) is 39.5 Å². The first-order valence-electron chi connectivity index (χ1n) is 7.31. The summed E-state index contributed by atoms with van der Waals surface area (Å²) in [6, 6.07) is -0.317. The molecule has 0 spiro atoms. The largest absolute Gasteiger partial charge is 0.406 e. The summed E-state index contributed by atoms with van der Waals surface area (Å²) >= 11 is 0. The first-order valence-corrected chi connectivity index (χ1v) is 7.31.